The molecule has 0 saturated carbocycles. The van der Waals surface area contributed by atoms with E-state index in [0.29, 0.717) is 13.2 Å². The van der Waals surface area contributed by atoms with E-state index in [0.717, 1.165) is 5.56 Å². The monoisotopic (exact) mass is 391 g/mol. The maximum atomic E-state index is 12.8. The first-order chi connectivity index (χ1) is 13.2. The molecule has 0 radical (unpaired) electrons. The van der Waals surface area contributed by atoms with Gasteiger partial charge in [-0.05, 0) is 19.4 Å². The van der Waals surface area contributed by atoms with E-state index < -0.39 is 23.3 Å². The number of likely N-dealkylation sites (tertiary alicyclic amines) is 1. The summed E-state index contributed by atoms with van der Waals surface area (Å²) >= 11 is 0. The minimum Gasteiger partial charge on any atom is -0.465 e. The lowest BCUT2D eigenvalue weighted by Crippen LogP contribution is -2.59. The summed E-state index contributed by atoms with van der Waals surface area (Å²) < 4.78 is 22.9. The van der Waals surface area contributed by atoms with E-state index in [9.17, 15) is 9.59 Å². The van der Waals surface area contributed by atoms with Gasteiger partial charge in [0.25, 0.3) is 0 Å². The molecule has 1 aromatic carbocycles. The highest BCUT2D eigenvalue weighted by molar-refractivity contribution is 5.81. The van der Waals surface area contributed by atoms with Crippen LogP contribution in [0.1, 0.15) is 33.3 Å². The third-order valence-electron chi connectivity index (χ3n) is 5.33. The van der Waals surface area contributed by atoms with Gasteiger partial charge in [0.05, 0.1) is 26.4 Å². The van der Waals surface area contributed by atoms with Gasteiger partial charge in [-0.3, -0.25) is 4.79 Å². The Balaban J connectivity index is 1.76. The molecule has 2 saturated heterocycles. The van der Waals surface area contributed by atoms with Crippen LogP contribution in [0.5, 0.6) is 0 Å². The van der Waals surface area contributed by atoms with Gasteiger partial charge in [0, 0.05) is 12.0 Å². The molecule has 7 heteroatoms. The fourth-order valence-corrected chi connectivity index (χ4v) is 3.55. The molecule has 0 N–H and O–H groups in total. The number of esters is 1. The van der Waals surface area contributed by atoms with E-state index in [-0.39, 0.29) is 31.7 Å². The molecule has 0 aromatic heterocycles. The summed E-state index contributed by atoms with van der Waals surface area (Å²) in [5.41, 5.74) is -0.405. The second-order valence-electron chi connectivity index (χ2n) is 8.44. The van der Waals surface area contributed by atoms with Crippen molar-refractivity contribution in [3.05, 3.63) is 35.9 Å². The molecule has 28 heavy (non-hydrogen) atoms. The Labute approximate surface area is 165 Å². The summed E-state index contributed by atoms with van der Waals surface area (Å²) in [6.45, 7) is 9.03. The topological polar surface area (TPSA) is 74.3 Å². The van der Waals surface area contributed by atoms with Gasteiger partial charge in [0.1, 0.15) is 12.0 Å². The molecule has 7 nitrogen and oxygen atoms in total. The number of carbonyl (C=O) groups excluding carboxylic acids is 2. The first-order valence-electron chi connectivity index (χ1n) is 9.62. The van der Waals surface area contributed by atoms with E-state index in [1.807, 2.05) is 44.2 Å². The summed E-state index contributed by atoms with van der Waals surface area (Å²) in [5, 5.41) is 0. The van der Waals surface area contributed by atoms with Crippen molar-refractivity contribution in [1.82, 2.24) is 4.90 Å². The van der Waals surface area contributed by atoms with Crippen molar-refractivity contribution in [3.8, 4) is 0 Å². The molecule has 2 fully saturated rings. The highest BCUT2D eigenvalue weighted by atomic mass is 16.7. The predicted molar refractivity (Wildman–Crippen MR) is 101 cm³/mol. The van der Waals surface area contributed by atoms with Gasteiger partial charge in [-0.15, -0.1) is 0 Å². The van der Waals surface area contributed by atoms with E-state index in [1.165, 1.54) is 4.90 Å². The van der Waals surface area contributed by atoms with E-state index >= 15 is 0 Å². The summed E-state index contributed by atoms with van der Waals surface area (Å²) in [6, 6.07) is 9.45. The lowest BCUT2D eigenvalue weighted by Gasteiger charge is -2.46. The number of nitrogens with zero attached hydrogens (tertiary/aromatic N) is 1. The minimum absolute atomic E-state index is 0.111. The summed E-state index contributed by atoms with van der Waals surface area (Å²) in [7, 11) is 0. The normalized spacial score (nSPS) is 25.5. The average Bonchev–Trinajstić information content (AvgIpc) is 2.97. The second-order valence-corrected chi connectivity index (χ2v) is 8.44. The smallest absolute Gasteiger partial charge is 0.410 e. The molecule has 2 aliphatic heterocycles. The largest absolute Gasteiger partial charge is 0.465 e. The molecule has 1 amide bonds. The Kier molecular flexibility index (Phi) is 5.68. The third-order valence-corrected chi connectivity index (χ3v) is 5.33. The number of rotatable bonds is 4. The lowest BCUT2D eigenvalue weighted by atomic mass is 9.82. The first-order valence-corrected chi connectivity index (χ1v) is 9.62. The van der Waals surface area contributed by atoms with Crippen LogP contribution in [0.3, 0.4) is 0 Å². The summed E-state index contributed by atoms with van der Waals surface area (Å²) in [4.78, 5) is 26.9. The predicted octanol–water partition coefficient (Wildman–Crippen LogP) is 2.98. The van der Waals surface area contributed by atoms with E-state index in [2.05, 4.69) is 0 Å². The van der Waals surface area contributed by atoms with Crippen molar-refractivity contribution < 1.29 is 28.5 Å². The second kappa shape index (κ2) is 7.72. The van der Waals surface area contributed by atoms with Crippen LogP contribution in [0.4, 0.5) is 4.79 Å². The molecule has 3 rings (SSSR count). The summed E-state index contributed by atoms with van der Waals surface area (Å²) in [6.07, 6.45) is -0.506. The van der Waals surface area contributed by atoms with Crippen LogP contribution in [0, 0.1) is 10.8 Å². The maximum Gasteiger partial charge on any atom is 0.410 e. The molecular formula is C21H29NO6. The molecule has 154 valence electrons. The summed E-state index contributed by atoms with van der Waals surface area (Å²) in [5.74, 6) is -1.67. The van der Waals surface area contributed by atoms with Gasteiger partial charge < -0.3 is 23.8 Å². The molecule has 1 unspecified atom stereocenters. The SMILES string of the molecule is CCOC(=O)C1(C)CN(C(=O)OCc2ccccc2)CC12OCC(C)(C)CO2. The van der Waals surface area contributed by atoms with Gasteiger partial charge in [-0.2, -0.15) is 0 Å². The van der Waals surface area contributed by atoms with Crippen molar-refractivity contribution in [1.29, 1.82) is 0 Å². The number of ether oxygens (including phenoxy) is 4. The molecule has 1 spiro atoms. The van der Waals surface area contributed by atoms with Crippen LogP contribution in [-0.4, -0.2) is 55.7 Å². The number of hydrogen-bond acceptors (Lipinski definition) is 6. The van der Waals surface area contributed by atoms with Crippen molar-refractivity contribution in [2.75, 3.05) is 32.9 Å². The highest BCUT2D eigenvalue weighted by Gasteiger charge is 2.65. The van der Waals surface area contributed by atoms with Crippen LogP contribution in [0.15, 0.2) is 30.3 Å². The molecule has 1 aromatic rings. The van der Waals surface area contributed by atoms with E-state index in [1.54, 1.807) is 13.8 Å². The molecule has 2 heterocycles. The molecule has 0 aliphatic carbocycles. The zero-order valence-corrected chi connectivity index (χ0v) is 17.0. The number of amides is 1. The van der Waals surface area contributed by atoms with Gasteiger partial charge in [0.15, 0.2) is 0 Å². The Morgan fingerprint density at radius 1 is 1.04 bits per heavy atom. The average molecular weight is 391 g/mol. The lowest BCUT2D eigenvalue weighted by molar-refractivity contribution is -0.324. The van der Waals surface area contributed by atoms with Crippen LogP contribution in [0.25, 0.3) is 0 Å². The molecular weight excluding hydrogens is 362 g/mol. The van der Waals surface area contributed by atoms with E-state index in [4.69, 9.17) is 18.9 Å². The van der Waals surface area contributed by atoms with Crippen LogP contribution >= 0.6 is 0 Å². The number of benzene rings is 1. The molecule has 0 bridgehead atoms. The molecule has 2 aliphatic rings. The zero-order chi connectivity index (χ0) is 20.4. The van der Waals surface area contributed by atoms with Gasteiger partial charge in [0.2, 0.25) is 5.79 Å². The standard InChI is InChI=1S/C21H29NO6/c1-5-25-17(23)20(4)12-22(13-21(20)27-14-19(2,3)15-28-21)18(24)26-11-16-9-7-6-8-10-16/h6-10H,5,11-15H2,1-4H3. The van der Waals surface area contributed by atoms with Crippen molar-refractivity contribution >= 4 is 12.1 Å². The van der Waals surface area contributed by atoms with Crippen molar-refractivity contribution in [2.24, 2.45) is 10.8 Å². The molecule has 1 atom stereocenters. The Morgan fingerprint density at radius 2 is 1.68 bits per heavy atom. The minimum atomic E-state index is -1.24. The fourth-order valence-electron chi connectivity index (χ4n) is 3.55. The van der Waals surface area contributed by atoms with Crippen LogP contribution < -0.4 is 0 Å². The zero-order valence-electron chi connectivity index (χ0n) is 17.0. The van der Waals surface area contributed by atoms with Crippen molar-refractivity contribution in [2.45, 2.75) is 40.1 Å². The van der Waals surface area contributed by atoms with Crippen molar-refractivity contribution in [3.63, 3.8) is 0 Å². The van der Waals surface area contributed by atoms with Gasteiger partial charge in [-0.25, -0.2) is 4.79 Å². The third kappa shape index (κ3) is 3.86. The van der Waals surface area contributed by atoms with Gasteiger partial charge >= 0.3 is 12.1 Å². The fraction of sp³-hybridized carbons (Fsp3) is 0.619. The van der Waals surface area contributed by atoms with Gasteiger partial charge in [-0.1, -0.05) is 44.2 Å². The Morgan fingerprint density at radius 3 is 2.29 bits per heavy atom. The maximum absolute atomic E-state index is 12.8. The Bertz CT molecular complexity index is 709. The Hall–Kier alpha value is -2.12. The highest BCUT2D eigenvalue weighted by Crippen LogP contribution is 2.47. The number of carbonyl (C=O) groups is 2. The number of hydrogen-bond donors (Lipinski definition) is 0. The van der Waals surface area contributed by atoms with Crippen LogP contribution in [-0.2, 0) is 30.3 Å². The first kappa shape index (κ1) is 20.6. The van der Waals surface area contributed by atoms with Crippen LogP contribution in [0.2, 0.25) is 0 Å². The quantitative estimate of drug-likeness (QED) is 0.735.